The number of nitrogens with one attached hydrogen (secondary N) is 1. The summed E-state index contributed by atoms with van der Waals surface area (Å²) in [5.74, 6) is 0.119. The standard InChI is InChI=1S/C20H28N2O3/c1-14-3-5-16(6-4-14)18(17-7-8-17)21-19(23)22-11-9-20(10-12-22)24-13-15(2)25-20/h3-6,15,17-18H,7-13H2,1-2H3,(H,21,23). The zero-order chi connectivity index (χ0) is 17.4. The van der Waals surface area contributed by atoms with Crippen LogP contribution in [0.1, 0.15) is 49.8 Å². The minimum Gasteiger partial charge on any atom is -0.347 e. The Bertz CT molecular complexity index is 618. The molecule has 1 aromatic carbocycles. The Hall–Kier alpha value is -1.59. The number of hydrogen-bond acceptors (Lipinski definition) is 3. The average Bonchev–Trinajstić information content (AvgIpc) is 3.39. The van der Waals surface area contributed by atoms with Crippen molar-refractivity contribution in [2.45, 2.75) is 57.5 Å². The maximum atomic E-state index is 12.8. The van der Waals surface area contributed by atoms with Crippen LogP contribution in [-0.2, 0) is 9.47 Å². The molecule has 2 amide bonds. The number of rotatable bonds is 3. The molecular weight excluding hydrogens is 316 g/mol. The number of hydrogen-bond donors (Lipinski definition) is 1. The summed E-state index contributed by atoms with van der Waals surface area (Å²) in [5.41, 5.74) is 2.46. The number of aryl methyl sites for hydroxylation is 1. The van der Waals surface area contributed by atoms with E-state index in [0.717, 1.165) is 12.8 Å². The van der Waals surface area contributed by atoms with Gasteiger partial charge in [0, 0.05) is 25.9 Å². The molecule has 0 radical (unpaired) electrons. The monoisotopic (exact) mass is 344 g/mol. The van der Waals surface area contributed by atoms with Crippen molar-refractivity contribution < 1.29 is 14.3 Å². The lowest BCUT2D eigenvalue weighted by atomic mass is 10.0. The Labute approximate surface area is 149 Å². The van der Waals surface area contributed by atoms with Crippen LogP contribution in [0.25, 0.3) is 0 Å². The minimum absolute atomic E-state index is 0.0402. The molecular formula is C20H28N2O3. The number of benzene rings is 1. The van der Waals surface area contributed by atoms with Crippen LogP contribution in [0.5, 0.6) is 0 Å². The van der Waals surface area contributed by atoms with E-state index in [9.17, 15) is 4.79 Å². The Balaban J connectivity index is 1.37. The van der Waals surface area contributed by atoms with E-state index in [2.05, 4.69) is 36.5 Å². The van der Waals surface area contributed by atoms with Crippen LogP contribution >= 0.6 is 0 Å². The van der Waals surface area contributed by atoms with Crippen LogP contribution in [-0.4, -0.2) is 42.5 Å². The van der Waals surface area contributed by atoms with Gasteiger partial charge in [0.1, 0.15) is 0 Å². The smallest absolute Gasteiger partial charge is 0.317 e. The predicted molar refractivity (Wildman–Crippen MR) is 95.2 cm³/mol. The first-order valence-electron chi connectivity index (χ1n) is 9.48. The molecule has 1 aromatic rings. The van der Waals surface area contributed by atoms with Crippen molar-refractivity contribution in [2.75, 3.05) is 19.7 Å². The topological polar surface area (TPSA) is 50.8 Å². The zero-order valence-corrected chi connectivity index (χ0v) is 15.2. The summed E-state index contributed by atoms with van der Waals surface area (Å²) in [5, 5.41) is 3.28. The predicted octanol–water partition coefficient (Wildman–Crippen LogP) is 3.38. The second-order valence-electron chi connectivity index (χ2n) is 7.81. The highest BCUT2D eigenvalue weighted by atomic mass is 16.7. The van der Waals surface area contributed by atoms with Gasteiger partial charge in [-0.3, -0.25) is 0 Å². The first kappa shape index (κ1) is 16.9. The summed E-state index contributed by atoms with van der Waals surface area (Å²) >= 11 is 0. The molecule has 5 nitrogen and oxygen atoms in total. The summed E-state index contributed by atoms with van der Waals surface area (Å²) in [6.45, 7) is 6.15. The van der Waals surface area contributed by atoms with Crippen LogP contribution in [0.4, 0.5) is 4.79 Å². The molecule has 4 rings (SSSR count). The molecule has 3 aliphatic rings. The van der Waals surface area contributed by atoms with Crippen LogP contribution in [0.3, 0.4) is 0 Å². The van der Waals surface area contributed by atoms with E-state index in [4.69, 9.17) is 9.47 Å². The Morgan fingerprint density at radius 3 is 2.48 bits per heavy atom. The van der Waals surface area contributed by atoms with Gasteiger partial charge in [0.15, 0.2) is 5.79 Å². The molecule has 3 fully saturated rings. The third kappa shape index (κ3) is 3.67. The second-order valence-corrected chi connectivity index (χ2v) is 7.81. The van der Waals surface area contributed by atoms with E-state index in [-0.39, 0.29) is 18.2 Å². The summed E-state index contributed by atoms with van der Waals surface area (Å²) in [6.07, 6.45) is 4.05. The number of nitrogens with zero attached hydrogens (tertiary/aromatic N) is 1. The van der Waals surface area contributed by atoms with Gasteiger partial charge in [-0.2, -0.15) is 0 Å². The highest BCUT2D eigenvalue weighted by Gasteiger charge is 2.44. The molecule has 0 aromatic heterocycles. The third-order valence-corrected chi connectivity index (χ3v) is 5.62. The number of likely N-dealkylation sites (tertiary alicyclic amines) is 1. The molecule has 0 bridgehead atoms. The molecule has 2 heterocycles. The van der Waals surface area contributed by atoms with Gasteiger partial charge >= 0.3 is 6.03 Å². The van der Waals surface area contributed by atoms with Crippen LogP contribution in [0.2, 0.25) is 0 Å². The van der Waals surface area contributed by atoms with Crippen molar-refractivity contribution in [3.8, 4) is 0 Å². The SMILES string of the molecule is Cc1ccc(C(NC(=O)N2CCC3(CC2)OCC(C)O3)C2CC2)cc1. The molecule has 1 saturated carbocycles. The van der Waals surface area contributed by atoms with Gasteiger partial charge in [0.05, 0.1) is 18.8 Å². The fourth-order valence-corrected chi connectivity index (χ4v) is 3.92. The highest BCUT2D eigenvalue weighted by Crippen LogP contribution is 2.41. The fourth-order valence-electron chi connectivity index (χ4n) is 3.92. The van der Waals surface area contributed by atoms with E-state index in [1.807, 2.05) is 11.8 Å². The third-order valence-electron chi connectivity index (χ3n) is 5.62. The van der Waals surface area contributed by atoms with Crippen molar-refractivity contribution in [3.63, 3.8) is 0 Å². The van der Waals surface area contributed by atoms with Gasteiger partial charge in [-0.15, -0.1) is 0 Å². The molecule has 1 N–H and O–H groups in total. The van der Waals surface area contributed by atoms with Gasteiger partial charge in [0.2, 0.25) is 0 Å². The van der Waals surface area contributed by atoms with E-state index in [0.29, 0.717) is 25.6 Å². The molecule has 2 saturated heterocycles. The summed E-state index contributed by atoms with van der Waals surface area (Å²) < 4.78 is 11.8. The summed E-state index contributed by atoms with van der Waals surface area (Å²) in [6, 6.07) is 8.70. The van der Waals surface area contributed by atoms with E-state index >= 15 is 0 Å². The Kier molecular flexibility index (Phi) is 4.46. The largest absolute Gasteiger partial charge is 0.347 e. The summed E-state index contributed by atoms with van der Waals surface area (Å²) in [7, 11) is 0. The minimum atomic E-state index is -0.455. The van der Waals surface area contributed by atoms with E-state index < -0.39 is 5.79 Å². The van der Waals surface area contributed by atoms with Gasteiger partial charge in [0.25, 0.3) is 0 Å². The highest BCUT2D eigenvalue weighted by molar-refractivity contribution is 5.75. The maximum Gasteiger partial charge on any atom is 0.317 e. The van der Waals surface area contributed by atoms with E-state index in [1.165, 1.54) is 24.0 Å². The van der Waals surface area contributed by atoms with Crippen molar-refractivity contribution in [2.24, 2.45) is 5.92 Å². The van der Waals surface area contributed by atoms with E-state index in [1.54, 1.807) is 0 Å². The normalized spacial score (nSPS) is 26.6. The van der Waals surface area contributed by atoms with Crippen molar-refractivity contribution in [1.82, 2.24) is 10.2 Å². The quantitative estimate of drug-likeness (QED) is 0.914. The zero-order valence-electron chi connectivity index (χ0n) is 15.2. The second kappa shape index (κ2) is 6.61. The molecule has 5 heteroatoms. The lowest BCUT2D eigenvalue weighted by Crippen LogP contribution is -2.51. The van der Waals surface area contributed by atoms with Gasteiger partial charge < -0.3 is 19.7 Å². The number of piperidine rings is 1. The van der Waals surface area contributed by atoms with Gasteiger partial charge in [-0.05, 0) is 38.2 Å². The Morgan fingerprint density at radius 1 is 1.24 bits per heavy atom. The first-order valence-corrected chi connectivity index (χ1v) is 9.48. The summed E-state index contributed by atoms with van der Waals surface area (Å²) in [4.78, 5) is 14.7. The first-order chi connectivity index (χ1) is 12.0. The van der Waals surface area contributed by atoms with Gasteiger partial charge in [-0.25, -0.2) is 4.79 Å². The van der Waals surface area contributed by atoms with Crippen molar-refractivity contribution in [3.05, 3.63) is 35.4 Å². The Morgan fingerprint density at radius 2 is 1.92 bits per heavy atom. The van der Waals surface area contributed by atoms with Crippen LogP contribution in [0, 0.1) is 12.8 Å². The number of urea groups is 1. The number of amides is 2. The molecule has 1 aliphatic carbocycles. The molecule has 1 spiro atoms. The number of carbonyl (C=O) groups excluding carboxylic acids is 1. The van der Waals surface area contributed by atoms with Crippen molar-refractivity contribution >= 4 is 6.03 Å². The lowest BCUT2D eigenvalue weighted by molar-refractivity contribution is -0.189. The van der Waals surface area contributed by atoms with Crippen molar-refractivity contribution in [1.29, 1.82) is 0 Å². The number of carbonyl (C=O) groups is 1. The molecule has 25 heavy (non-hydrogen) atoms. The molecule has 2 aliphatic heterocycles. The molecule has 2 atom stereocenters. The molecule has 136 valence electrons. The van der Waals surface area contributed by atoms with Gasteiger partial charge in [-0.1, -0.05) is 29.8 Å². The lowest BCUT2D eigenvalue weighted by Gasteiger charge is -2.38. The van der Waals surface area contributed by atoms with Crippen LogP contribution < -0.4 is 5.32 Å². The maximum absolute atomic E-state index is 12.8. The number of ether oxygens (including phenoxy) is 2. The average molecular weight is 344 g/mol. The fraction of sp³-hybridized carbons (Fsp3) is 0.650. The molecule has 2 unspecified atom stereocenters. The van der Waals surface area contributed by atoms with Crippen LogP contribution in [0.15, 0.2) is 24.3 Å².